The third-order valence-corrected chi connectivity index (χ3v) is 7.68. The van der Waals surface area contributed by atoms with Gasteiger partial charge < -0.3 is 23.5 Å². The van der Waals surface area contributed by atoms with E-state index in [-0.39, 0.29) is 23.9 Å². The van der Waals surface area contributed by atoms with Gasteiger partial charge in [0.05, 0.1) is 37.4 Å². The molecule has 0 aliphatic carbocycles. The predicted octanol–water partition coefficient (Wildman–Crippen LogP) is 5.35. The number of methoxy groups -OCH3 is 1. The number of benzene rings is 3. The van der Waals surface area contributed by atoms with Gasteiger partial charge in [0.25, 0.3) is 11.5 Å². The van der Waals surface area contributed by atoms with Crippen LogP contribution in [0.4, 0.5) is 0 Å². The minimum absolute atomic E-state index is 0.134. The summed E-state index contributed by atoms with van der Waals surface area (Å²) in [6.07, 6.45) is 1.51. The molecule has 214 valence electrons. The zero-order valence-corrected chi connectivity index (χ0v) is 24.7. The molecule has 1 aliphatic heterocycles. The van der Waals surface area contributed by atoms with Crippen molar-refractivity contribution in [1.29, 1.82) is 0 Å². The minimum atomic E-state index is -0.366. The van der Waals surface area contributed by atoms with E-state index in [2.05, 4.69) is 21.0 Å². The number of carbonyl (C=O) groups excluding carboxylic acids is 1. The molecule has 1 amide bonds. The second kappa shape index (κ2) is 12.0. The quantitative estimate of drug-likeness (QED) is 0.218. The predicted molar refractivity (Wildman–Crippen MR) is 163 cm³/mol. The molecule has 42 heavy (non-hydrogen) atoms. The Balaban J connectivity index is 1.35. The highest BCUT2D eigenvalue weighted by Crippen LogP contribution is 2.33. The molecule has 1 saturated heterocycles. The number of halogens is 2. The molecular weight excluding hydrogens is 628 g/mol. The number of amides is 1. The summed E-state index contributed by atoms with van der Waals surface area (Å²) in [6.45, 7) is 1.95. The normalized spacial score (nSPS) is 13.7. The maximum atomic E-state index is 13.6. The maximum Gasteiger partial charge on any atom is 0.282 e. The van der Waals surface area contributed by atoms with Crippen LogP contribution in [0.2, 0.25) is 5.02 Å². The average molecular weight is 652 g/mol. The van der Waals surface area contributed by atoms with Gasteiger partial charge in [-0.2, -0.15) is 9.78 Å². The number of nitrogens with zero attached hydrogens (tertiary/aromatic N) is 4. The molecular formula is C30H24BrClN4O6. The van der Waals surface area contributed by atoms with Crippen LogP contribution in [0.15, 0.2) is 79.4 Å². The second-order valence-electron chi connectivity index (χ2n) is 9.41. The van der Waals surface area contributed by atoms with Crippen LogP contribution in [-0.4, -0.2) is 66.7 Å². The molecule has 3 aromatic carbocycles. The van der Waals surface area contributed by atoms with Gasteiger partial charge in [-0.05, 0) is 64.5 Å². The summed E-state index contributed by atoms with van der Waals surface area (Å²) >= 11 is 9.71. The van der Waals surface area contributed by atoms with E-state index in [4.69, 9.17) is 35.2 Å². The van der Waals surface area contributed by atoms with Gasteiger partial charge in [-0.15, -0.1) is 0 Å². The molecule has 3 heterocycles. The van der Waals surface area contributed by atoms with Gasteiger partial charge in [-0.3, -0.25) is 9.59 Å². The van der Waals surface area contributed by atoms with E-state index in [0.29, 0.717) is 75.1 Å². The standard InChI is InChI=1S/C30H24BrClN4O6/c1-39-25-14-19(22(31)15-26(25)41-17-28(37)35-8-10-40-11-9-35)16-33-36-29(34-23-5-3-2-4-21(23)30(36)38)27-13-18-12-20(32)6-7-24(18)42-27/h2-7,12-16H,8-11,17H2,1H3. The van der Waals surface area contributed by atoms with Gasteiger partial charge in [-0.1, -0.05) is 23.7 Å². The second-order valence-corrected chi connectivity index (χ2v) is 10.7. The van der Waals surface area contributed by atoms with Crippen molar-refractivity contribution < 1.29 is 23.4 Å². The van der Waals surface area contributed by atoms with Crippen LogP contribution < -0.4 is 15.0 Å². The van der Waals surface area contributed by atoms with Crippen LogP contribution in [0.1, 0.15) is 5.56 Å². The minimum Gasteiger partial charge on any atom is -0.493 e. The van der Waals surface area contributed by atoms with Crippen molar-refractivity contribution in [3.63, 3.8) is 0 Å². The molecule has 0 N–H and O–H groups in total. The molecule has 0 spiro atoms. The Bertz CT molecular complexity index is 1900. The summed E-state index contributed by atoms with van der Waals surface area (Å²) in [5.41, 5.74) is 1.34. The molecule has 0 unspecified atom stereocenters. The van der Waals surface area contributed by atoms with E-state index >= 15 is 0 Å². The Morgan fingerprint density at radius 2 is 1.93 bits per heavy atom. The smallest absolute Gasteiger partial charge is 0.282 e. The van der Waals surface area contributed by atoms with Gasteiger partial charge in [0, 0.05) is 33.5 Å². The monoisotopic (exact) mass is 650 g/mol. The van der Waals surface area contributed by atoms with Crippen LogP contribution >= 0.6 is 27.5 Å². The van der Waals surface area contributed by atoms with E-state index in [1.165, 1.54) is 18.0 Å². The summed E-state index contributed by atoms with van der Waals surface area (Å²) in [7, 11) is 1.50. The van der Waals surface area contributed by atoms with Crippen LogP contribution in [0.5, 0.6) is 11.5 Å². The fraction of sp³-hybridized carbons (Fsp3) is 0.200. The number of hydrogen-bond donors (Lipinski definition) is 0. The molecule has 5 aromatic rings. The number of morpholine rings is 1. The van der Waals surface area contributed by atoms with Crippen molar-refractivity contribution in [2.75, 3.05) is 40.0 Å². The molecule has 0 radical (unpaired) electrons. The van der Waals surface area contributed by atoms with Crippen molar-refractivity contribution in [3.8, 4) is 23.1 Å². The maximum absolute atomic E-state index is 13.6. The Morgan fingerprint density at radius 1 is 1.12 bits per heavy atom. The molecule has 0 saturated carbocycles. The summed E-state index contributed by atoms with van der Waals surface area (Å²) in [5, 5.41) is 6.26. The SMILES string of the molecule is COc1cc(C=Nn2c(-c3cc4cc(Cl)ccc4o3)nc3ccccc3c2=O)c(Br)cc1OCC(=O)N1CCOCC1. The average Bonchev–Trinajstić information content (AvgIpc) is 3.43. The summed E-state index contributed by atoms with van der Waals surface area (Å²) in [5.74, 6) is 1.23. The van der Waals surface area contributed by atoms with Gasteiger partial charge in [0.1, 0.15) is 5.58 Å². The molecule has 10 nitrogen and oxygen atoms in total. The Labute approximate surface area is 253 Å². The van der Waals surface area contributed by atoms with Gasteiger partial charge in [0.15, 0.2) is 23.9 Å². The van der Waals surface area contributed by atoms with Crippen molar-refractivity contribution in [2.45, 2.75) is 0 Å². The number of para-hydroxylation sites is 1. The lowest BCUT2D eigenvalue weighted by molar-refractivity contribution is -0.137. The molecule has 0 atom stereocenters. The Kier molecular flexibility index (Phi) is 7.96. The number of fused-ring (bicyclic) bond motifs is 2. The molecule has 12 heteroatoms. The fourth-order valence-electron chi connectivity index (χ4n) is 4.60. The largest absolute Gasteiger partial charge is 0.493 e. The van der Waals surface area contributed by atoms with Crippen LogP contribution in [-0.2, 0) is 9.53 Å². The first-order chi connectivity index (χ1) is 20.4. The summed E-state index contributed by atoms with van der Waals surface area (Å²) < 4.78 is 24.5. The van der Waals surface area contributed by atoms with Gasteiger partial charge >= 0.3 is 0 Å². The van der Waals surface area contributed by atoms with E-state index in [1.807, 2.05) is 6.07 Å². The van der Waals surface area contributed by atoms with E-state index < -0.39 is 0 Å². The lowest BCUT2D eigenvalue weighted by Gasteiger charge is -2.26. The van der Waals surface area contributed by atoms with Crippen molar-refractivity contribution in [2.24, 2.45) is 5.10 Å². The lowest BCUT2D eigenvalue weighted by Crippen LogP contribution is -2.43. The highest BCUT2D eigenvalue weighted by Gasteiger charge is 2.20. The third-order valence-electron chi connectivity index (χ3n) is 6.76. The van der Waals surface area contributed by atoms with Crippen molar-refractivity contribution >= 4 is 61.5 Å². The number of carbonyl (C=O) groups is 1. The molecule has 2 aromatic heterocycles. The van der Waals surface area contributed by atoms with E-state index in [9.17, 15) is 9.59 Å². The lowest BCUT2D eigenvalue weighted by atomic mass is 10.2. The zero-order valence-electron chi connectivity index (χ0n) is 22.4. The highest BCUT2D eigenvalue weighted by molar-refractivity contribution is 9.10. The summed E-state index contributed by atoms with van der Waals surface area (Å²) in [6, 6.07) is 17.5. The fourth-order valence-corrected chi connectivity index (χ4v) is 5.21. The van der Waals surface area contributed by atoms with E-state index in [1.54, 1.807) is 59.5 Å². The Hall–Kier alpha value is -4.19. The first-order valence-corrected chi connectivity index (χ1v) is 14.2. The number of rotatable bonds is 7. The molecule has 1 fully saturated rings. The third kappa shape index (κ3) is 5.63. The number of furan rings is 1. The number of hydrogen-bond acceptors (Lipinski definition) is 8. The van der Waals surface area contributed by atoms with Gasteiger partial charge in [-0.25, -0.2) is 4.98 Å². The summed E-state index contributed by atoms with van der Waals surface area (Å²) in [4.78, 5) is 32.6. The first-order valence-electron chi connectivity index (χ1n) is 13.0. The van der Waals surface area contributed by atoms with Gasteiger partial charge in [0.2, 0.25) is 5.82 Å². The van der Waals surface area contributed by atoms with Crippen molar-refractivity contribution in [3.05, 3.63) is 86.1 Å². The topological polar surface area (TPSA) is 108 Å². The van der Waals surface area contributed by atoms with Crippen LogP contribution in [0.25, 0.3) is 33.5 Å². The number of aromatic nitrogens is 2. The first kappa shape index (κ1) is 28.0. The van der Waals surface area contributed by atoms with Crippen LogP contribution in [0, 0.1) is 0 Å². The van der Waals surface area contributed by atoms with E-state index in [0.717, 1.165) is 5.39 Å². The molecule has 0 bridgehead atoms. The zero-order chi connectivity index (χ0) is 29.2. The van der Waals surface area contributed by atoms with Crippen LogP contribution in [0.3, 0.4) is 0 Å². The number of ether oxygens (including phenoxy) is 3. The molecule has 6 rings (SSSR count). The Morgan fingerprint density at radius 3 is 2.74 bits per heavy atom. The highest BCUT2D eigenvalue weighted by atomic mass is 79.9. The van der Waals surface area contributed by atoms with Crippen molar-refractivity contribution in [1.82, 2.24) is 14.6 Å². The molecule has 1 aliphatic rings.